The maximum absolute atomic E-state index is 14.8. The van der Waals surface area contributed by atoms with Gasteiger partial charge in [0, 0.05) is 62.6 Å². The van der Waals surface area contributed by atoms with Gasteiger partial charge >= 0.3 is 0 Å². The smallest absolute Gasteiger partial charge is 0.258 e. The van der Waals surface area contributed by atoms with Crippen molar-refractivity contribution in [3.05, 3.63) is 149 Å². The monoisotopic (exact) mass is 1270 g/mol. The van der Waals surface area contributed by atoms with Gasteiger partial charge in [0.05, 0.1) is 58.2 Å². The molecule has 5 amide bonds. The van der Waals surface area contributed by atoms with E-state index in [0.29, 0.717) is 56.4 Å². The lowest BCUT2D eigenvalue weighted by Gasteiger charge is -2.36. The molecule has 19 heteroatoms. The highest BCUT2D eigenvalue weighted by molar-refractivity contribution is 7.13. The molecule has 3 aromatic heterocycles. The normalized spacial score (nSPS) is 18.3. The van der Waals surface area contributed by atoms with Gasteiger partial charge in [0.2, 0.25) is 23.6 Å². The van der Waals surface area contributed by atoms with E-state index in [-0.39, 0.29) is 56.2 Å². The quantitative estimate of drug-likeness (QED) is 0.0201. The number of carbonyl (C=O) groups is 5. The number of carbonyl (C=O) groups excluding carboxylic acids is 5. The molecule has 0 radical (unpaired) electrons. The lowest BCUT2D eigenvalue weighted by atomic mass is 9.85. The second-order valence-corrected chi connectivity index (χ2v) is 27.0. The average molecular weight is 1270 g/mol. The molecule has 17 nitrogen and oxygen atoms in total. The number of aryl methyl sites for hydroxylation is 1. The Hall–Kier alpha value is -8.31. The SMILES string of the molecule is Cc1ncsc1-c1cccc([C@H](CC(=O)NCCCCCCCC(=O)NCCCCC#Cc2cccc(Cn3c(-c4ccccc4)c(-c4ccccc4)c4c(=N)n(C5CCC(O)CC5)cnc43)c2)NC(=O)[C@@H]2C[C@@H](O)CN2C(=O)C(NC(=O)C2(F)CC2)C(C)(C)C)c1. The highest BCUT2D eigenvalue weighted by Crippen LogP contribution is 2.42. The average Bonchev–Trinajstić information content (AvgIpc) is 1.58. The van der Waals surface area contributed by atoms with Crippen LogP contribution in [0.3, 0.4) is 0 Å². The number of amides is 5. The number of halogens is 1. The summed E-state index contributed by atoms with van der Waals surface area (Å²) in [5, 5.41) is 43.4. The summed E-state index contributed by atoms with van der Waals surface area (Å²) in [6.07, 6.45) is 10.4. The molecule has 92 heavy (non-hydrogen) atoms. The molecule has 484 valence electrons. The topological polar surface area (TPSA) is 237 Å². The van der Waals surface area contributed by atoms with Gasteiger partial charge < -0.3 is 45.5 Å². The Morgan fingerprint density at radius 2 is 1.45 bits per heavy atom. The van der Waals surface area contributed by atoms with Crippen molar-refractivity contribution in [3.63, 3.8) is 0 Å². The van der Waals surface area contributed by atoms with Crippen molar-refractivity contribution in [2.75, 3.05) is 19.6 Å². The van der Waals surface area contributed by atoms with Crippen molar-refractivity contribution < 1.29 is 38.6 Å². The number of unbranched alkanes of at least 4 members (excludes halogenated alkanes) is 6. The van der Waals surface area contributed by atoms with Crippen LogP contribution in [0.25, 0.3) is 43.9 Å². The van der Waals surface area contributed by atoms with E-state index in [9.17, 15) is 44.0 Å². The zero-order valence-electron chi connectivity index (χ0n) is 53.3. The highest BCUT2D eigenvalue weighted by atomic mass is 32.1. The predicted octanol–water partition coefficient (Wildman–Crippen LogP) is 10.9. The van der Waals surface area contributed by atoms with Crippen LogP contribution < -0.4 is 26.8 Å². The summed E-state index contributed by atoms with van der Waals surface area (Å²) in [4.78, 5) is 79.5. The minimum Gasteiger partial charge on any atom is -0.393 e. The molecule has 1 aliphatic heterocycles. The van der Waals surface area contributed by atoms with E-state index in [1.54, 1.807) is 26.3 Å². The van der Waals surface area contributed by atoms with Crippen molar-refractivity contribution in [1.29, 1.82) is 5.41 Å². The second kappa shape index (κ2) is 30.4. The van der Waals surface area contributed by atoms with Crippen molar-refractivity contribution in [1.82, 2.24) is 45.3 Å². The van der Waals surface area contributed by atoms with Crippen LogP contribution in [0.2, 0.25) is 0 Å². The summed E-state index contributed by atoms with van der Waals surface area (Å²) in [7, 11) is 0. The zero-order chi connectivity index (χ0) is 64.9. The van der Waals surface area contributed by atoms with Crippen LogP contribution in [-0.4, -0.2) is 113 Å². The fourth-order valence-corrected chi connectivity index (χ4v) is 13.5. The lowest BCUT2D eigenvalue weighted by Crippen LogP contribution is -2.59. The molecule has 3 aliphatic rings. The fourth-order valence-electron chi connectivity index (χ4n) is 12.7. The largest absolute Gasteiger partial charge is 0.393 e. The number of β-amino-alcohol motifs (C(OH)–C–C–N with tert-alkyl or cyclic N) is 1. The first-order chi connectivity index (χ1) is 44.3. The maximum atomic E-state index is 14.8. The molecule has 4 heterocycles. The van der Waals surface area contributed by atoms with Crippen molar-refractivity contribution in [2.24, 2.45) is 5.41 Å². The van der Waals surface area contributed by atoms with Crippen LogP contribution in [0.5, 0.6) is 0 Å². The fraction of sp³-hybridized carbons (Fsp3) is 0.452. The van der Waals surface area contributed by atoms with E-state index < -0.39 is 53.0 Å². The van der Waals surface area contributed by atoms with E-state index in [1.807, 2.05) is 90.6 Å². The summed E-state index contributed by atoms with van der Waals surface area (Å²) < 4.78 is 19.1. The van der Waals surface area contributed by atoms with Crippen molar-refractivity contribution in [2.45, 2.75) is 185 Å². The van der Waals surface area contributed by atoms with Crippen LogP contribution in [0.15, 0.2) is 121 Å². The number of likely N-dealkylation sites (tertiary alicyclic amines) is 1. The third-order valence-corrected chi connectivity index (χ3v) is 19.0. The van der Waals surface area contributed by atoms with Gasteiger partial charge in [-0.25, -0.2) is 14.4 Å². The van der Waals surface area contributed by atoms with E-state index in [4.69, 9.17) is 4.98 Å². The molecule has 2 aliphatic carbocycles. The highest BCUT2D eigenvalue weighted by Gasteiger charge is 2.53. The summed E-state index contributed by atoms with van der Waals surface area (Å²) in [6, 6.07) is 33.5. The lowest BCUT2D eigenvalue weighted by molar-refractivity contribution is -0.145. The number of hydrogen-bond acceptors (Lipinski definition) is 11. The minimum atomic E-state index is -2.01. The maximum Gasteiger partial charge on any atom is 0.258 e. The van der Waals surface area contributed by atoms with Gasteiger partial charge in [0.1, 0.15) is 23.2 Å². The van der Waals surface area contributed by atoms with Crippen LogP contribution in [0.4, 0.5) is 4.39 Å². The number of benzene rings is 4. The molecule has 4 atom stereocenters. The number of alkyl halides is 1. The Kier molecular flexibility index (Phi) is 22.0. The Bertz CT molecular complexity index is 3860. The van der Waals surface area contributed by atoms with Crippen molar-refractivity contribution >= 4 is 51.9 Å². The first-order valence-electron chi connectivity index (χ1n) is 32.7. The van der Waals surface area contributed by atoms with Crippen LogP contribution in [-0.2, 0) is 30.5 Å². The predicted molar refractivity (Wildman–Crippen MR) is 356 cm³/mol. The number of rotatable bonds is 26. The first kappa shape index (κ1) is 66.6. The van der Waals surface area contributed by atoms with Crippen LogP contribution in [0.1, 0.15) is 164 Å². The van der Waals surface area contributed by atoms with Gasteiger partial charge in [-0.2, -0.15) is 0 Å². The van der Waals surface area contributed by atoms with Gasteiger partial charge in [-0.05, 0) is 123 Å². The summed E-state index contributed by atoms with van der Waals surface area (Å²) >= 11 is 1.48. The van der Waals surface area contributed by atoms with Gasteiger partial charge in [-0.1, -0.05) is 143 Å². The molecule has 7 N–H and O–H groups in total. The van der Waals surface area contributed by atoms with Gasteiger partial charge in [-0.15, -0.1) is 11.3 Å². The van der Waals surface area contributed by atoms with Gasteiger partial charge in [-0.3, -0.25) is 29.4 Å². The summed E-state index contributed by atoms with van der Waals surface area (Å²) in [5.74, 6) is 4.46. The van der Waals surface area contributed by atoms with E-state index in [1.165, 1.54) is 16.2 Å². The standard InChI is InChI=1S/C73H87FN10O7S/c1-48-65(92-47-79-48)54-30-21-29-53(41-54)58(80-69(89)59-42-57(86)45-82(59)70(90)66(72(2,3)4)81-71(91)73(74)36-37-73)43-61(88)77-39-18-8-5-6-17-31-60(87)76-38-19-9-7-12-22-49-23-20-24-50(40-49)44-83-64(52-27-15-11-16-28-52)62(51-25-13-10-14-26-51)63-67(75)84(46-78-68(63)83)55-32-34-56(85)35-33-55/h10-11,13-16,20-21,23-30,40-41,46-47,55-59,66,75,85-86H,5-9,17-19,31-39,42-45H2,1-4H3,(H,76,87)(H,77,88)(H,80,89)(H,81,91)/t55?,56?,57-,58+,59+,66?/m1/s1. The Morgan fingerprint density at radius 3 is 2.15 bits per heavy atom. The molecule has 2 saturated carbocycles. The molecule has 0 bridgehead atoms. The first-order valence-corrected chi connectivity index (χ1v) is 33.6. The second-order valence-electron chi connectivity index (χ2n) is 26.2. The molecular weight excluding hydrogens is 1180 g/mol. The molecule has 10 rings (SSSR count). The van der Waals surface area contributed by atoms with Crippen molar-refractivity contribution in [3.8, 4) is 44.7 Å². The number of fused-ring (bicyclic) bond motifs is 1. The molecule has 1 saturated heterocycles. The third kappa shape index (κ3) is 16.7. The van der Waals surface area contributed by atoms with E-state index in [0.717, 1.165) is 118 Å². The van der Waals surface area contributed by atoms with Crippen LogP contribution >= 0.6 is 11.3 Å². The number of thiazole rings is 1. The summed E-state index contributed by atoms with van der Waals surface area (Å²) in [6.45, 7) is 8.54. The number of aliphatic hydroxyl groups is 2. The number of aromatic nitrogens is 4. The third-order valence-electron chi connectivity index (χ3n) is 18.0. The zero-order valence-corrected chi connectivity index (χ0v) is 54.1. The Labute approximate surface area is 542 Å². The molecular formula is C73H87FN10O7S. The van der Waals surface area contributed by atoms with Gasteiger partial charge in [0.15, 0.2) is 5.67 Å². The molecule has 1 unspecified atom stereocenters. The Balaban J connectivity index is 0.663. The number of aliphatic hydroxyl groups excluding tert-OH is 2. The molecule has 3 fully saturated rings. The summed E-state index contributed by atoms with van der Waals surface area (Å²) in [5.41, 5.74) is 8.49. The van der Waals surface area contributed by atoms with Gasteiger partial charge in [0.25, 0.3) is 5.91 Å². The number of hydrogen-bond donors (Lipinski definition) is 7. The minimum absolute atomic E-state index is 0.0283. The Morgan fingerprint density at radius 1 is 0.772 bits per heavy atom. The molecule has 4 aromatic carbocycles. The van der Waals surface area contributed by atoms with E-state index >= 15 is 0 Å². The number of nitrogens with zero attached hydrogens (tertiary/aromatic N) is 5. The number of nitrogens with one attached hydrogen (secondary N) is 5. The van der Waals surface area contributed by atoms with Crippen LogP contribution in [0, 0.1) is 29.6 Å². The molecule has 7 aromatic rings. The molecule has 0 spiro atoms. The van der Waals surface area contributed by atoms with E-state index in [2.05, 4.69) is 79.1 Å².